The highest BCUT2D eigenvalue weighted by Gasteiger charge is 2.26. The van der Waals surface area contributed by atoms with Crippen LogP contribution in [0.4, 0.5) is 5.82 Å². The molecule has 2 heterocycles. The minimum Gasteiger partial charge on any atom is -0.383 e. The topological polar surface area (TPSA) is 72.5 Å². The second kappa shape index (κ2) is 4.77. The second-order valence-corrected chi connectivity index (χ2v) is 6.59. The Morgan fingerprint density at radius 1 is 1.29 bits per heavy atom. The van der Waals surface area contributed by atoms with Crippen molar-refractivity contribution in [2.45, 2.75) is 32.7 Å². The molecule has 0 radical (unpaired) electrons. The quantitative estimate of drug-likeness (QED) is 0.762. The maximum atomic E-state index is 6.23. The summed E-state index contributed by atoms with van der Waals surface area (Å²) in [4.78, 5) is 0. The minimum atomic E-state index is -0.109. The lowest BCUT2D eigenvalue weighted by Gasteiger charge is -2.15. The first-order valence-corrected chi connectivity index (χ1v) is 7.20. The van der Waals surface area contributed by atoms with Crippen molar-refractivity contribution in [3.63, 3.8) is 0 Å². The first-order valence-electron chi connectivity index (χ1n) is 6.82. The number of nitrogens with one attached hydrogen (secondary N) is 1. The number of anilines is 1. The normalized spacial score (nSPS) is 12.2. The maximum absolute atomic E-state index is 6.23. The van der Waals surface area contributed by atoms with E-state index < -0.39 is 0 Å². The fourth-order valence-corrected chi connectivity index (χ4v) is 2.60. The third-order valence-electron chi connectivity index (χ3n) is 3.47. The van der Waals surface area contributed by atoms with E-state index in [1.54, 1.807) is 0 Å². The molecule has 3 N–H and O–H groups in total. The van der Waals surface area contributed by atoms with Crippen molar-refractivity contribution < 1.29 is 0 Å². The lowest BCUT2D eigenvalue weighted by atomic mass is 9.91. The number of rotatable bonds is 2. The molecule has 3 rings (SSSR count). The molecule has 0 saturated carbocycles. The summed E-state index contributed by atoms with van der Waals surface area (Å²) in [7, 11) is 0. The van der Waals surface area contributed by atoms with Gasteiger partial charge in [0.15, 0.2) is 5.65 Å². The van der Waals surface area contributed by atoms with Gasteiger partial charge in [-0.05, 0) is 11.6 Å². The van der Waals surface area contributed by atoms with E-state index in [0.717, 1.165) is 27.3 Å². The molecule has 2 aromatic heterocycles. The van der Waals surface area contributed by atoms with Gasteiger partial charge in [-0.2, -0.15) is 10.2 Å². The Balaban J connectivity index is 2.14. The number of hydrogen-bond donors (Lipinski definition) is 2. The van der Waals surface area contributed by atoms with E-state index in [9.17, 15) is 0 Å². The second-order valence-electron chi connectivity index (χ2n) is 6.18. The van der Waals surface area contributed by atoms with Gasteiger partial charge in [-0.15, -0.1) is 0 Å². The van der Waals surface area contributed by atoms with E-state index in [1.165, 1.54) is 0 Å². The Hall–Kier alpha value is -2.01. The molecule has 0 fully saturated rings. The molecule has 0 atom stereocenters. The monoisotopic (exact) mass is 303 g/mol. The number of nitrogens with zero attached hydrogens (tertiary/aromatic N) is 3. The molecule has 0 amide bonds. The number of nitrogens with two attached hydrogens (primary N) is 1. The molecule has 1 aromatic carbocycles. The van der Waals surface area contributed by atoms with Crippen LogP contribution in [0, 0.1) is 0 Å². The summed E-state index contributed by atoms with van der Waals surface area (Å²) in [5.41, 5.74) is 8.61. The van der Waals surface area contributed by atoms with E-state index in [0.29, 0.717) is 12.4 Å². The van der Waals surface area contributed by atoms with Crippen LogP contribution in [0.25, 0.3) is 11.0 Å². The fourth-order valence-electron chi connectivity index (χ4n) is 2.41. The van der Waals surface area contributed by atoms with Gasteiger partial charge in [0.05, 0.1) is 17.6 Å². The number of hydrogen-bond acceptors (Lipinski definition) is 3. The largest absolute Gasteiger partial charge is 0.383 e. The van der Waals surface area contributed by atoms with Gasteiger partial charge in [-0.3, -0.25) is 5.10 Å². The van der Waals surface area contributed by atoms with Crippen molar-refractivity contribution in [1.82, 2.24) is 20.0 Å². The molecule has 6 heteroatoms. The van der Waals surface area contributed by atoms with Crippen LogP contribution in [0.1, 0.15) is 32.0 Å². The average molecular weight is 304 g/mol. The smallest absolute Gasteiger partial charge is 0.182 e. The number of benzene rings is 1. The molecular formula is C15H18ClN5. The molecule has 3 aromatic rings. The van der Waals surface area contributed by atoms with E-state index in [2.05, 4.69) is 31.0 Å². The van der Waals surface area contributed by atoms with Gasteiger partial charge in [0.2, 0.25) is 0 Å². The van der Waals surface area contributed by atoms with Gasteiger partial charge < -0.3 is 5.73 Å². The van der Waals surface area contributed by atoms with Gasteiger partial charge in [0, 0.05) is 10.4 Å². The van der Waals surface area contributed by atoms with Gasteiger partial charge in [0.25, 0.3) is 0 Å². The van der Waals surface area contributed by atoms with E-state index in [-0.39, 0.29) is 5.41 Å². The number of halogens is 1. The highest BCUT2D eigenvalue weighted by Crippen LogP contribution is 2.32. The molecule has 0 aliphatic rings. The van der Waals surface area contributed by atoms with Crippen LogP contribution in [0.3, 0.4) is 0 Å². The van der Waals surface area contributed by atoms with Crippen molar-refractivity contribution in [3.05, 3.63) is 40.5 Å². The van der Waals surface area contributed by atoms with Gasteiger partial charge in [-0.25, -0.2) is 4.68 Å². The zero-order chi connectivity index (χ0) is 15.2. The predicted molar refractivity (Wildman–Crippen MR) is 85.5 cm³/mol. The van der Waals surface area contributed by atoms with Crippen molar-refractivity contribution >= 4 is 28.5 Å². The Morgan fingerprint density at radius 3 is 2.67 bits per heavy atom. The van der Waals surface area contributed by atoms with Crippen molar-refractivity contribution in [2.24, 2.45) is 0 Å². The van der Waals surface area contributed by atoms with E-state index in [1.807, 2.05) is 28.9 Å². The van der Waals surface area contributed by atoms with Crippen LogP contribution in [-0.4, -0.2) is 20.0 Å². The lowest BCUT2D eigenvalue weighted by Crippen LogP contribution is -2.14. The molecule has 0 aliphatic heterocycles. The number of H-pyrrole nitrogens is 1. The van der Waals surface area contributed by atoms with Crippen LogP contribution in [0.5, 0.6) is 0 Å². The Morgan fingerprint density at radius 2 is 2.00 bits per heavy atom. The van der Waals surface area contributed by atoms with Gasteiger partial charge >= 0.3 is 0 Å². The summed E-state index contributed by atoms with van der Waals surface area (Å²) in [5.74, 6) is 0.556. The maximum Gasteiger partial charge on any atom is 0.182 e. The molecule has 5 nitrogen and oxygen atoms in total. The lowest BCUT2D eigenvalue weighted by molar-refractivity contribution is 0.549. The zero-order valence-corrected chi connectivity index (χ0v) is 13.1. The Labute approximate surface area is 128 Å². The van der Waals surface area contributed by atoms with Gasteiger partial charge in [0.1, 0.15) is 5.82 Å². The highest BCUT2D eigenvalue weighted by atomic mass is 35.5. The van der Waals surface area contributed by atoms with Gasteiger partial charge in [-0.1, -0.05) is 50.6 Å². The third-order valence-corrected chi connectivity index (χ3v) is 3.83. The number of nitrogen functional groups attached to an aromatic ring is 1. The standard InChI is InChI=1S/C15H18ClN5/c1-15(2,3)12-11-13(17)18-19-14(11)21(20-12)8-9-6-4-5-7-10(9)16/h4-7H,8H2,1-3H3,(H3,17,18,19). The Bertz CT molecular complexity index is 794. The number of fused-ring (bicyclic) bond motifs is 1. The fraction of sp³-hybridized carbons (Fsp3) is 0.333. The molecule has 21 heavy (non-hydrogen) atoms. The zero-order valence-electron chi connectivity index (χ0n) is 12.3. The first kappa shape index (κ1) is 13.9. The predicted octanol–water partition coefficient (Wildman–Crippen LogP) is 3.34. The minimum absolute atomic E-state index is 0.109. The van der Waals surface area contributed by atoms with Crippen molar-refractivity contribution in [1.29, 1.82) is 0 Å². The molecule has 0 saturated heterocycles. The molecule has 0 bridgehead atoms. The highest BCUT2D eigenvalue weighted by molar-refractivity contribution is 6.31. The first-order chi connectivity index (χ1) is 9.88. The van der Waals surface area contributed by atoms with E-state index in [4.69, 9.17) is 22.4 Å². The van der Waals surface area contributed by atoms with Crippen LogP contribution < -0.4 is 5.73 Å². The van der Waals surface area contributed by atoms with Crippen molar-refractivity contribution in [3.8, 4) is 0 Å². The molecule has 110 valence electrons. The van der Waals surface area contributed by atoms with Crippen molar-refractivity contribution in [2.75, 3.05) is 5.73 Å². The summed E-state index contributed by atoms with van der Waals surface area (Å²) < 4.78 is 1.85. The number of aromatic nitrogens is 4. The Kier molecular flexibility index (Phi) is 3.17. The molecule has 0 unspecified atom stereocenters. The van der Waals surface area contributed by atoms with Crippen LogP contribution in [0.2, 0.25) is 5.02 Å². The SMILES string of the molecule is CC(C)(C)c1nn(Cc2ccccc2Cl)c2n[nH]c(N)c12. The average Bonchev–Trinajstić information content (AvgIpc) is 2.94. The van der Waals surface area contributed by atoms with E-state index >= 15 is 0 Å². The molecular weight excluding hydrogens is 286 g/mol. The molecule has 0 aliphatic carbocycles. The van der Waals surface area contributed by atoms with Crippen LogP contribution in [0.15, 0.2) is 24.3 Å². The number of aromatic amines is 1. The third kappa shape index (κ3) is 2.38. The summed E-state index contributed by atoms with van der Waals surface area (Å²) in [6.07, 6.45) is 0. The summed E-state index contributed by atoms with van der Waals surface area (Å²) in [6.45, 7) is 6.90. The van der Waals surface area contributed by atoms with Crippen LogP contribution in [-0.2, 0) is 12.0 Å². The van der Waals surface area contributed by atoms with Crippen LogP contribution >= 0.6 is 11.6 Å². The molecule has 0 spiro atoms. The summed E-state index contributed by atoms with van der Waals surface area (Å²) >= 11 is 6.23. The summed E-state index contributed by atoms with van der Waals surface area (Å²) in [6, 6.07) is 7.74. The summed E-state index contributed by atoms with van der Waals surface area (Å²) in [5, 5.41) is 13.5.